The average molecular weight is 489 g/mol. The van der Waals surface area contributed by atoms with Crippen LogP contribution in [0, 0.1) is 5.41 Å². The molecule has 6 nitrogen and oxygen atoms in total. The van der Waals surface area contributed by atoms with Crippen molar-refractivity contribution in [3.63, 3.8) is 0 Å². The molecule has 10 heteroatoms. The van der Waals surface area contributed by atoms with Gasteiger partial charge >= 0.3 is 6.18 Å². The topological polar surface area (TPSA) is 59.7 Å². The Hall–Kier alpha value is -2.46. The minimum Gasteiger partial charge on any atom is -0.304 e. The van der Waals surface area contributed by atoms with Gasteiger partial charge in [-0.05, 0) is 73.9 Å². The Labute approximate surface area is 201 Å². The van der Waals surface area contributed by atoms with E-state index in [1.54, 1.807) is 30.1 Å². The average Bonchev–Trinajstić information content (AvgIpc) is 3.39. The van der Waals surface area contributed by atoms with Crippen molar-refractivity contribution in [3.8, 4) is 11.5 Å². The fourth-order valence-corrected chi connectivity index (χ4v) is 6.00. The van der Waals surface area contributed by atoms with Crippen LogP contribution in [0.3, 0.4) is 0 Å². The number of alkyl halides is 3. The van der Waals surface area contributed by atoms with Crippen LogP contribution < -0.4 is 0 Å². The Kier molecular flexibility index (Phi) is 6.37. The number of hydrogen-bond acceptors (Lipinski definition) is 6. The van der Waals surface area contributed by atoms with E-state index < -0.39 is 11.7 Å². The molecular formula is C24H27F3N6S. The van der Waals surface area contributed by atoms with E-state index >= 15 is 0 Å². The molecule has 0 unspecified atom stereocenters. The molecule has 3 aromatic rings. The van der Waals surface area contributed by atoms with Crippen LogP contribution in [0.2, 0.25) is 0 Å². The second-order valence-corrected chi connectivity index (χ2v) is 10.3. The number of aromatic nitrogens is 5. The molecule has 1 saturated carbocycles. The molecular weight excluding hydrogens is 461 g/mol. The van der Waals surface area contributed by atoms with Crippen molar-refractivity contribution in [2.24, 2.45) is 12.5 Å². The molecule has 0 bridgehead atoms. The van der Waals surface area contributed by atoms with Crippen molar-refractivity contribution in [2.45, 2.75) is 42.9 Å². The first-order valence-electron chi connectivity index (χ1n) is 11.5. The molecule has 1 aliphatic carbocycles. The third-order valence-electron chi connectivity index (χ3n) is 7.01. The Bertz CT molecular complexity index is 1120. The molecule has 2 aromatic heterocycles. The van der Waals surface area contributed by atoms with Crippen molar-refractivity contribution in [1.29, 1.82) is 0 Å². The third-order valence-corrected chi connectivity index (χ3v) is 8.12. The predicted molar refractivity (Wildman–Crippen MR) is 124 cm³/mol. The minimum absolute atomic E-state index is 0.237. The van der Waals surface area contributed by atoms with Gasteiger partial charge in [0.05, 0.1) is 5.56 Å². The first kappa shape index (κ1) is 23.3. The van der Waals surface area contributed by atoms with Crippen LogP contribution >= 0.6 is 11.8 Å². The number of benzene rings is 1. The van der Waals surface area contributed by atoms with E-state index in [1.165, 1.54) is 18.5 Å². The first-order valence-corrected chi connectivity index (χ1v) is 12.5. The van der Waals surface area contributed by atoms with E-state index in [-0.39, 0.29) is 5.41 Å². The molecule has 1 aromatic carbocycles. The molecule has 34 heavy (non-hydrogen) atoms. The van der Waals surface area contributed by atoms with Crippen LogP contribution in [0.5, 0.6) is 0 Å². The van der Waals surface area contributed by atoms with Gasteiger partial charge in [0.2, 0.25) is 0 Å². The predicted octanol–water partition coefficient (Wildman–Crippen LogP) is 5.04. The van der Waals surface area contributed by atoms with Gasteiger partial charge in [-0.1, -0.05) is 23.9 Å². The van der Waals surface area contributed by atoms with Gasteiger partial charge in [-0.15, -0.1) is 10.2 Å². The van der Waals surface area contributed by atoms with Gasteiger partial charge in [0.1, 0.15) is 12.0 Å². The van der Waals surface area contributed by atoms with Crippen molar-refractivity contribution < 1.29 is 13.2 Å². The Morgan fingerprint density at radius 3 is 2.71 bits per heavy atom. The van der Waals surface area contributed by atoms with Gasteiger partial charge < -0.3 is 9.47 Å². The van der Waals surface area contributed by atoms with E-state index in [2.05, 4.69) is 25.1 Å². The molecule has 2 aliphatic rings. The molecule has 0 radical (unpaired) electrons. The highest BCUT2D eigenvalue weighted by Gasteiger charge is 2.55. The fourth-order valence-electron chi connectivity index (χ4n) is 5.16. The summed E-state index contributed by atoms with van der Waals surface area (Å²) in [4.78, 5) is 10.7. The molecule has 2 fully saturated rings. The van der Waals surface area contributed by atoms with Gasteiger partial charge in [0.25, 0.3) is 0 Å². The van der Waals surface area contributed by atoms with E-state index in [4.69, 9.17) is 0 Å². The zero-order valence-electron chi connectivity index (χ0n) is 19.0. The number of nitrogens with zero attached hydrogens (tertiary/aromatic N) is 6. The summed E-state index contributed by atoms with van der Waals surface area (Å²) in [5.41, 5.74) is 1.47. The minimum atomic E-state index is -4.28. The highest BCUT2D eigenvalue weighted by Crippen LogP contribution is 2.63. The van der Waals surface area contributed by atoms with Crippen molar-refractivity contribution in [1.82, 2.24) is 29.6 Å². The van der Waals surface area contributed by atoms with Crippen LogP contribution in [0.4, 0.5) is 13.2 Å². The van der Waals surface area contributed by atoms with E-state index in [0.717, 1.165) is 73.3 Å². The summed E-state index contributed by atoms with van der Waals surface area (Å²) in [5, 5.41) is 9.44. The summed E-state index contributed by atoms with van der Waals surface area (Å²) >= 11 is 1.69. The van der Waals surface area contributed by atoms with E-state index in [0.29, 0.717) is 5.92 Å². The van der Waals surface area contributed by atoms with Gasteiger partial charge in [-0.3, -0.25) is 0 Å². The monoisotopic (exact) mass is 488 g/mol. The third kappa shape index (κ3) is 4.84. The lowest BCUT2D eigenvalue weighted by Gasteiger charge is -2.34. The largest absolute Gasteiger partial charge is 0.416 e. The fraction of sp³-hybridized carbons (Fsp3) is 0.500. The van der Waals surface area contributed by atoms with Gasteiger partial charge in [-0.2, -0.15) is 13.2 Å². The molecule has 3 heterocycles. The number of hydrogen-bond donors (Lipinski definition) is 0. The summed E-state index contributed by atoms with van der Waals surface area (Å²) < 4.78 is 40.6. The van der Waals surface area contributed by atoms with Crippen molar-refractivity contribution in [3.05, 3.63) is 54.0 Å². The number of thioether (sulfide) groups is 1. The van der Waals surface area contributed by atoms with Gasteiger partial charge in [0, 0.05) is 25.5 Å². The van der Waals surface area contributed by atoms with Gasteiger partial charge in [0.15, 0.2) is 11.0 Å². The highest BCUT2D eigenvalue weighted by molar-refractivity contribution is 7.99. The highest BCUT2D eigenvalue weighted by atomic mass is 32.2. The summed E-state index contributed by atoms with van der Waals surface area (Å²) in [7, 11) is 1.95. The van der Waals surface area contributed by atoms with Gasteiger partial charge in [-0.25, -0.2) is 9.97 Å². The molecule has 180 valence electrons. The summed E-state index contributed by atoms with van der Waals surface area (Å²) in [6.07, 6.45) is 3.35. The lowest BCUT2D eigenvalue weighted by molar-refractivity contribution is -0.137. The smallest absolute Gasteiger partial charge is 0.304 e. The molecule has 1 aliphatic heterocycles. The molecule has 1 spiro atoms. The zero-order valence-corrected chi connectivity index (χ0v) is 19.8. The SMILES string of the molecule is Cn1c(SCCCN2CCC[C@@]3(C[C@@H]3c3ccc(C(F)(F)F)cc3)C2)nnc1-c1ccncn1. The second-order valence-electron chi connectivity index (χ2n) is 9.28. The standard InChI is InChI=1S/C24H27F3N6S/c1-32-21(20-8-10-28-16-29-20)30-31-22(32)34-13-3-12-33-11-2-9-23(15-33)14-19(23)17-4-6-18(7-5-17)24(25,26)27/h4-8,10,16,19H,2-3,9,11-15H2,1H3/t19-,23-/m1/s1. The Morgan fingerprint density at radius 2 is 1.97 bits per heavy atom. The molecule has 0 N–H and O–H groups in total. The van der Waals surface area contributed by atoms with Crippen LogP contribution in [-0.2, 0) is 13.2 Å². The number of rotatable bonds is 7. The number of likely N-dealkylation sites (tertiary alicyclic amines) is 1. The maximum Gasteiger partial charge on any atom is 0.416 e. The summed E-state index contributed by atoms with van der Waals surface area (Å²) in [6.45, 7) is 3.14. The molecule has 0 amide bonds. The number of halogens is 3. The van der Waals surface area contributed by atoms with Crippen molar-refractivity contribution in [2.75, 3.05) is 25.4 Å². The van der Waals surface area contributed by atoms with Crippen LogP contribution in [0.15, 0.2) is 48.0 Å². The first-order chi connectivity index (χ1) is 16.4. The Morgan fingerprint density at radius 1 is 1.15 bits per heavy atom. The quantitative estimate of drug-likeness (QED) is 0.343. The molecule has 1 saturated heterocycles. The van der Waals surface area contributed by atoms with Crippen LogP contribution in [-0.4, -0.2) is 55.0 Å². The maximum atomic E-state index is 12.9. The van der Waals surface area contributed by atoms with E-state index in [9.17, 15) is 13.2 Å². The normalized spacial score (nSPS) is 22.9. The van der Waals surface area contributed by atoms with Crippen LogP contribution in [0.25, 0.3) is 11.5 Å². The van der Waals surface area contributed by atoms with Crippen LogP contribution in [0.1, 0.15) is 42.7 Å². The number of piperidine rings is 1. The molecule has 5 rings (SSSR count). The van der Waals surface area contributed by atoms with E-state index in [1.807, 2.05) is 17.7 Å². The maximum absolute atomic E-state index is 12.9. The zero-order chi connectivity index (χ0) is 23.8. The van der Waals surface area contributed by atoms with Crippen molar-refractivity contribution >= 4 is 11.8 Å². The second kappa shape index (κ2) is 9.30. The summed E-state index contributed by atoms with van der Waals surface area (Å²) in [5.74, 6) is 2.05. The Balaban J connectivity index is 1.11. The lowest BCUT2D eigenvalue weighted by atomic mass is 9.89. The summed E-state index contributed by atoms with van der Waals surface area (Å²) in [6, 6.07) is 7.62. The lowest BCUT2D eigenvalue weighted by Crippen LogP contribution is -2.38. The molecule has 2 atom stereocenters.